The standard InChI is InChI=1S/C89H127N13O19S2/c1-11-14-15-21-44-101(87(111)81(61(8)12-2)98-84(109)74-29-20-22-43-100(74)10)75(59(4)5)54-76(121-62(9)103)86-96-72(58-122-86)83(108)99-123(114,115)69-36-32-63(33-37-69)55-93-89(113)120-57-64-30-34-68(35-31-64)94-82(107)71(27-23-41-92-88(90)112)95-85(110)80(60(6)7)97-78(105)40-45-116-47-49-118-51-52-119-50-48-117-46-42-91-77(104)38-39-79(106)102-56-67-25-17-16-24-66(67)53-65(13-3)70-26-18-19-28-73(70)102/h16-19,24-26,28,30-37,53,58-61,71,74-76,80-81H,11-15,20-23,27,29,38-52,54-57H2,1-10H3,(H,91,104)(H,93,113)(H,94,107)(H,95,110)(H,97,105)(H,98,109)(H,99,108)(H3,90,92,112)/b65-53-/t61-,71-,74+,75+,76+,80-,81-/m0/s1. The van der Waals surface area contributed by atoms with Crippen LogP contribution in [0.3, 0.4) is 0 Å². The van der Waals surface area contributed by atoms with Gasteiger partial charge in [0.05, 0.1) is 76.0 Å². The maximum Gasteiger partial charge on any atom is 0.407 e. The van der Waals surface area contributed by atoms with E-state index in [0.29, 0.717) is 69.0 Å². The minimum atomic E-state index is -4.48. The van der Waals surface area contributed by atoms with Gasteiger partial charge in [-0.1, -0.05) is 160 Å². The summed E-state index contributed by atoms with van der Waals surface area (Å²) >= 11 is 1.00. The van der Waals surface area contributed by atoms with Gasteiger partial charge in [0, 0.05) is 81.5 Å². The van der Waals surface area contributed by atoms with Crippen LogP contribution in [-0.4, -0.2) is 205 Å². The zero-order chi connectivity index (χ0) is 89.4. The van der Waals surface area contributed by atoms with Gasteiger partial charge in [-0.05, 0) is 128 Å². The van der Waals surface area contributed by atoms with Crippen LogP contribution in [0.25, 0.3) is 11.6 Å². The smallest absolute Gasteiger partial charge is 0.407 e. The largest absolute Gasteiger partial charge is 0.455 e. The van der Waals surface area contributed by atoms with Crippen LogP contribution >= 0.6 is 11.3 Å². The molecule has 0 radical (unpaired) electrons. The van der Waals surface area contributed by atoms with E-state index < -0.39 is 87.9 Å². The number of amides is 11. The molecule has 3 heterocycles. The Morgan fingerprint density at radius 2 is 1.35 bits per heavy atom. The number of ether oxygens (including phenoxy) is 6. The molecule has 10 N–H and O–H groups in total. The number of hydrogen-bond acceptors (Lipinski definition) is 22. The maximum absolute atomic E-state index is 15.0. The van der Waals surface area contributed by atoms with E-state index in [4.69, 9.17) is 34.2 Å². The van der Waals surface area contributed by atoms with E-state index >= 15 is 4.79 Å². The Bertz CT molecular complexity index is 4410. The lowest BCUT2D eigenvalue weighted by Crippen LogP contribution is -2.59. The fraction of sp³-hybridized carbons (Fsp3) is 0.551. The number of nitrogens with zero attached hydrogens (tertiary/aromatic N) is 4. The number of nitrogens with two attached hydrogens (primary N) is 1. The van der Waals surface area contributed by atoms with Gasteiger partial charge in [0.15, 0.2) is 6.10 Å². The summed E-state index contributed by atoms with van der Waals surface area (Å²) in [5.74, 6) is -4.91. The molecule has 32 nitrogen and oxygen atoms in total. The molecule has 1 aromatic heterocycles. The van der Waals surface area contributed by atoms with Gasteiger partial charge in [-0.2, -0.15) is 0 Å². The number of hydrogen-bond donors (Lipinski definition) is 9. The average Bonchev–Trinajstić information content (AvgIpc) is 1.46. The number of esters is 1. The molecule has 2 aliphatic rings. The van der Waals surface area contributed by atoms with Gasteiger partial charge in [-0.3, -0.25) is 48.1 Å². The van der Waals surface area contributed by atoms with Crippen LogP contribution < -0.4 is 52.6 Å². The van der Waals surface area contributed by atoms with Gasteiger partial charge in [-0.25, -0.2) is 27.7 Å². The number of piperidine rings is 1. The Morgan fingerprint density at radius 3 is 2.01 bits per heavy atom. The second-order valence-corrected chi connectivity index (χ2v) is 34.0. The Hall–Kier alpha value is -10.2. The molecule has 1 fully saturated rings. The molecule has 5 aromatic rings. The second kappa shape index (κ2) is 52.4. The Morgan fingerprint density at radius 1 is 0.675 bits per heavy atom. The Balaban J connectivity index is 0.784. The number of likely N-dealkylation sites (tertiary alicyclic amines) is 1. The predicted molar refractivity (Wildman–Crippen MR) is 468 cm³/mol. The summed E-state index contributed by atoms with van der Waals surface area (Å²) in [6.45, 7) is 20.4. The highest BCUT2D eigenvalue weighted by Crippen LogP contribution is 2.37. The summed E-state index contributed by atoms with van der Waals surface area (Å²) in [6, 6.07) is 23.1. The topological polar surface area (TPSA) is 422 Å². The van der Waals surface area contributed by atoms with Crippen molar-refractivity contribution in [3.05, 3.63) is 141 Å². The lowest BCUT2D eigenvalue weighted by atomic mass is 9.91. The number of alkyl carbamates (subject to hydrolysis) is 1. The zero-order valence-electron chi connectivity index (χ0n) is 72.7. The van der Waals surface area contributed by atoms with E-state index in [1.54, 1.807) is 43.0 Å². The maximum atomic E-state index is 15.0. The van der Waals surface area contributed by atoms with Crippen LogP contribution in [-0.2, 0) is 96.5 Å². The van der Waals surface area contributed by atoms with Crippen molar-refractivity contribution < 1.29 is 89.6 Å². The van der Waals surface area contributed by atoms with Gasteiger partial charge < -0.3 is 81.2 Å². The van der Waals surface area contributed by atoms with Crippen molar-refractivity contribution in [2.75, 3.05) is 96.3 Å². The van der Waals surface area contributed by atoms with Crippen LogP contribution in [0.1, 0.15) is 208 Å². The summed E-state index contributed by atoms with van der Waals surface area (Å²) in [7, 11) is -2.55. The van der Waals surface area contributed by atoms with Crippen LogP contribution in [0.5, 0.6) is 0 Å². The molecule has 1 saturated heterocycles. The van der Waals surface area contributed by atoms with Crippen molar-refractivity contribution in [3.8, 4) is 0 Å². The van der Waals surface area contributed by atoms with Crippen molar-refractivity contribution in [1.29, 1.82) is 0 Å². The summed E-state index contributed by atoms with van der Waals surface area (Å²) in [5, 5.41) is 20.9. The summed E-state index contributed by atoms with van der Waals surface area (Å²) in [5.41, 5.74) is 11.5. The zero-order valence-corrected chi connectivity index (χ0v) is 74.4. The SMILES string of the molecule is CCCCCCN(C(=O)[C@@H](NC(=O)[C@H]1CCCCN1C)[C@@H](C)CC)[C@H](C[C@@H](OC(C)=O)c1nc(C(=O)NS(=O)(=O)c2ccc(CNC(=O)OCc3ccc(NC(=O)[C@H](CCCNC(N)=O)NC(=O)[C@@H](NC(=O)CCOCCOCCOCCOCCNC(=O)CCC(=O)N4Cc5ccccc5/C=C(/CC)c5ccccc54)C(C)C)cc3)cc2)cs1)C(C)C. The van der Waals surface area contributed by atoms with Crippen LogP contribution in [0.2, 0.25) is 0 Å². The summed E-state index contributed by atoms with van der Waals surface area (Å²) in [6.07, 6.45) is 8.33. The van der Waals surface area contributed by atoms with E-state index in [1.165, 1.54) is 36.6 Å². The minimum Gasteiger partial charge on any atom is -0.455 e. The average molecular weight is 1750 g/mol. The highest BCUT2D eigenvalue weighted by Gasteiger charge is 2.40. The number of aromatic nitrogens is 1. The molecule has 34 heteroatoms. The number of primary amides is 1. The molecule has 674 valence electrons. The molecular weight excluding hydrogens is 1620 g/mol. The minimum absolute atomic E-state index is 0.0346. The number of para-hydroxylation sites is 1. The first-order chi connectivity index (χ1) is 59.0. The molecule has 0 saturated carbocycles. The first-order valence-corrected chi connectivity index (χ1v) is 45.2. The Labute approximate surface area is 727 Å². The fourth-order valence-electron chi connectivity index (χ4n) is 14.2. The number of rotatable bonds is 52. The fourth-order valence-corrected chi connectivity index (χ4v) is 16.0. The number of carbonyl (C=O) groups excluding carboxylic acids is 11. The van der Waals surface area contributed by atoms with E-state index in [2.05, 4.69) is 72.9 Å². The number of sulfonamides is 1. The molecule has 2 aliphatic heterocycles. The molecule has 4 aromatic carbocycles. The first-order valence-electron chi connectivity index (χ1n) is 42.8. The highest BCUT2D eigenvalue weighted by molar-refractivity contribution is 7.90. The number of anilines is 2. The molecule has 7 rings (SSSR count). The van der Waals surface area contributed by atoms with Crippen molar-refractivity contribution in [2.45, 2.75) is 220 Å². The second-order valence-electron chi connectivity index (χ2n) is 31.4. The molecule has 11 amide bonds. The molecule has 0 aliphatic carbocycles. The number of allylic oxidation sites excluding steroid dienone is 1. The third-order valence-electron chi connectivity index (χ3n) is 21.4. The number of benzene rings is 4. The van der Waals surface area contributed by atoms with Crippen molar-refractivity contribution in [3.63, 3.8) is 0 Å². The van der Waals surface area contributed by atoms with Crippen molar-refractivity contribution in [1.82, 2.24) is 51.4 Å². The van der Waals surface area contributed by atoms with Crippen molar-refractivity contribution >= 4 is 110 Å². The van der Waals surface area contributed by atoms with E-state index in [-0.39, 0.29) is 155 Å². The molecule has 0 spiro atoms. The van der Waals surface area contributed by atoms with Gasteiger partial charge in [0.25, 0.3) is 15.9 Å². The summed E-state index contributed by atoms with van der Waals surface area (Å²) < 4.78 is 63.1. The number of unbranched alkanes of at least 4 members (excludes halogenated alkanes) is 3. The monoisotopic (exact) mass is 1750 g/mol. The van der Waals surface area contributed by atoms with Crippen LogP contribution in [0.15, 0.2) is 107 Å². The van der Waals surface area contributed by atoms with Crippen LogP contribution in [0.4, 0.5) is 21.0 Å². The number of likely N-dealkylation sites (N-methyl/N-ethyl adjacent to an activating group) is 1. The third-order valence-corrected chi connectivity index (χ3v) is 23.6. The first kappa shape index (κ1) is 99.9. The lowest BCUT2D eigenvalue weighted by molar-refractivity contribution is -0.150. The lowest BCUT2D eigenvalue weighted by Gasteiger charge is -2.40. The summed E-state index contributed by atoms with van der Waals surface area (Å²) in [4.78, 5) is 157. The predicted octanol–water partition coefficient (Wildman–Crippen LogP) is 9.99. The number of nitrogens with one attached hydrogen (secondary N) is 8. The highest BCUT2D eigenvalue weighted by atomic mass is 32.2. The van der Waals surface area contributed by atoms with E-state index in [9.17, 15) is 56.4 Å². The number of fused-ring (bicyclic) bond motifs is 2. The van der Waals surface area contributed by atoms with E-state index in [0.717, 1.165) is 84.4 Å². The molecule has 0 unspecified atom stereocenters. The molecule has 0 bridgehead atoms. The van der Waals surface area contributed by atoms with Gasteiger partial charge in [0.2, 0.25) is 41.4 Å². The van der Waals surface area contributed by atoms with Gasteiger partial charge in [0.1, 0.15) is 35.4 Å². The van der Waals surface area contributed by atoms with E-state index in [1.807, 2.05) is 87.0 Å². The van der Waals surface area contributed by atoms with Crippen molar-refractivity contribution in [2.24, 2.45) is 23.5 Å². The Kier molecular flexibility index (Phi) is 42.5. The van der Waals surface area contributed by atoms with Gasteiger partial charge >= 0.3 is 18.1 Å². The number of carbonyl (C=O) groups is 11. The molecule has 7 atom stereocenters. The van der Waals surface area contributed by atoms with Crippen LogP contribution in [0, 0.1) is 17.8 Å². The normalized spacial score (nSPS) is 15.3. The van der Waals surface area contributed by atoms with Gasteiger partial charge in [-0.15, -0.1) is 11.3 Å². The molecule has 123 heavy (non-hydrogen) atoms. The third kappa shape index (κ3) is 33.4. The number of urea groups is 1. The quantitative estimate of drug-likeness (QED) is 0.0129. The molecular formula is C89H127N13O19S2. The number of thiazole rings is 1.